The van der Waals surface area contributed by atoms with E-state index in [1.807, 2.05) is 6.92 Å². The molecule has 20 heavy (non-hydrogen) atoms. The first-order valence-corrected chi connectivity index (χ1v) is 7.76. The normalized spacial score (nSPS) is 15.9. The van der Waals surface area contributed by atoms with E-state index in [9.17, 15) is 4.79 Å². The molecule has 1 aliphatic carbocycles. The third kappa shape index (κ3) is 4.10. The minimum atomic E-state index is -0.109. The monoisotopic (exact) mass is 295 g/mol. The summed E-state index contributed by atoms with van der Waals surface area (Å²) in [7, 11) is 0. The second kappa shape index (κ2) is 7.48. The molecule has 1 saturated carbocycles. The van der Waals surface area contributed by atoms with Crippen LogP contribution in [0.1, 0.15) is 49.4 Å². The first-order chi connectivity index (χ1) is 9.70. The van der Waals surface area contributed by atoms with Gasteiger partial charge in [-0.2, -0.15) is 0 Å². The molecule has 1 amide bonds. The molecule has 110 valence electrons. The van der Waals surface area contributed by atoms with Crippen LogP contribution in [0.2, 0.25) is 5.02 Å². The molecule has 0 atom stereocenters. The minimum Gasteiger partial charge on any atom is -0.370 e. The van der Waals surface area contributed by atoms with Gasteiger partial charge in [0.05, 0.1) is 10.6 Å². The van der Waals surface area contributed by atoms with Crippen LogP contribution in [0.4, 0.5) is 5.82 Å². The molecule has 0 saturated heterocycles. The van der Waals surface area contributed by atoms with Crippen molar-refractivity contribution in [1.29, 1.82) is 0 Å². The molecule has 0 bridgehead atoms. The van der Waals surface area contributed by atoms with Gasteiger partial charge in [0.2, 0.25) is 0 Å². The van der Waals surface area contributed by atoms with Gasteiger partial charge in [0.25, 0.3) is 5.91 Å². The number of aromatic nitrogens is 1. The third-order valence-corrected chi connectivity index (χ3v) is 4.04. The van der Waals surface area contributed by atoms with Gasteiger partial charge in [-0.25, -0.2) is 4.98 Å². The number of carbonyl (C=O) groups is 1. The zero-order valence-electron chi connectivity index (χ0n) is 11.9. The van der Waals surface area contributed by atoms with Crippen LogP contribution in [0.3, 0.4) is 0 Å². The Morgan fingerprint density at radius 1 is 1.40 bits per heavy atom. The van der Waals surface area contributed by atoms with Crippen LogP contribution in [-0.4, -0.2) is 24.0 Å². The fourth-order valence-electron chi connectivity index (χ4n) is 2.61. The predicted molar refractivity (Wildman–Crippen MR) is 82.3 cm³/mol. The highest BCUT2D eigenvalue weighted by Crippen LogP contribution is 2.23. The van der Waals surface area contributed by atoms with E-state index in [1.54, 1.807) is 6.07 Å². The summed E-state index contributed by atoms with van der Waals surface area (Å²) in [5.41, 5.74) is 0.494. The van der Waals surface area contributed by atoms with E-state index in [1.165, 1.54) is 38.3 Å². The van der Waals surface area contributed by atoms with Crippen molar-refractivity contribution >= 4 is 23.3 Å². The van der Waals surface area contributed by atoms with Crippen molar-refractivity contribution in [2.45, 2.75) is 39.0 Å². The molecule has 2 rings (SSSR count). The van der Waals surface area contributed by atoms with Gasteiger partial charge in [-0.15, -0.1) is 0 Å². The van der Waals surface area contributed by atoms with Crippen LogP contribution >= 0.6 is 11.6 Å². The standard InChI is InChI=1S/C15H22ClN3O/c1-2-17-14-8-12(13(16)10-18-14)15(20)19-9-11-6-4-3-5-7-11/h8,10-11H,2-7,9H2,1H3,(H,17,18)(H,19,20). The van der Waals surface area contributed by atoms with Gasteiger partial charge < -0.3 is 10.6 Å². The average Bonchev–Trinajstić information content (AvgIpc) is 2.48. The lowest BCUT2D eigenvalue weighted by Gasteiger charge is -2.21. The number of amides is 1. The van der Waals surface area contributed by atoms with Crippen molar-refractivity contribution in [2.75, 3.05) is 18.4 Å². The van der Waals surface area contributed by atoms with Crippen LogP contribution in [0.15, 0.2) is 12.3 Å². The molecule has 0 radical (unpaired) electrons. The van der Waals surface area contributed by atoms with E-state index in [-0.39, 0.29) is 5.91 Å². The zero-order chi connectivity index (χ0) is 14.4. The minimum absolute atomic E-state index is 0.109. The molecule has 2 N–H and O–H groups in total. The number of hydrogen-bond donors (Lipinski definition) is 2. The second-order valence-corrected chi connectivity index (χ2v) is 5.70. The van der Waals surface area contributed by atoms with Crippen molar-refractivity contribution in [3.8, 4) is 0 Å². The van der Waals surface area contributed by atoms with Crippen LogP contribution in [0, 0.1) is 5.92 Å². The van der Waals surface area contributed by atoms with E-state index < -0.39 is 0 Å². The molecule has 0 unspecified atom stereocenters. The number of nitrogens with one attached hydrogen (secondary N) is 2. The Bertz CT molecular complexity index is 458. The summed E-state index contributed by atoms with van der Waals surface area (Å²) >= 11 is 6.06. The third-order valence-electron chi connectivity index (χ3n) is 3.73. The van der Waals surface area contributed by atoms with E-state index in [0.29, 0.717) is 22.3 Å². The Balaban J connectivity index is 1.95. The molecule has 0 aromatic carbocycles. The summed E-state index contributed by atoms with van der Waals surface area (Å²) in [6.45, 7) is 3.49. The van der Waals surface area contributed by atoms with Gasteiger partial charge in [0.15, 0.2) is 0 Å². The van der Waals surface area contributed by atoms with Gasteiger partial charge in [-0.1, -0.05) is 30.9 Å². The highest BCUT2D eigenvalue weighted by molar-refractivity contribution is 6.33. The number of pyridine rings is 1. The van der Waals surface area contributed by atoms with Gasteiger partial charge in [-0.3, -0.25) is 4.79 Å². The largest absolute Gasteiger partial charge is 0.370 e. The smallest absolute Gasteiger partial charge is 0.252 e. The lowest BCUT2D eigenvalue weighted by molar-refractivity contribution is 0.0943. The molecular weight excluding hydrogens is 274 g/mol. The van der Waals surface area contributed by atoms with Crippen molar-refractivity contribution < 1.29 is 4.79 Å². The molecule has 0 aliphatic heterocycles. The number of anilines is 1. The average molecular weight is 296 g/mol. The Kier molecular flexibility index (Phi) is 5.65. The maximum absolute atomic E-state index is 12.2. The molecule has 1 heterocycles. The Labute approximate surface area is 125 Å². The van der Waals surface area contributed by atoms with Crippen molar-refractivity contribution in [3.63, 3.8) is 0 Å². The van der Waals surface area contributed by atoms with Gasteiger partial charge >= 0.3 is 0 Å². The zero-order valence-corrected chi connectivity index (χ0v) is 12.7. The van der Waals surface area contributed by atoms with E-state index >= 15 is 0 Å². The van der Waals surface area contributed by atoms with Crippen LogP contribution in [0.25, 0.3) is 0 Å². The SMILES string of the molecule is CCNc1cc(C(=O)NCC2CCCCC2)c(Cl)cn1. The van der Waals surface area contributed by atoms with E-state index in [4.69, 9.17) is 11.6 Å². The van der Waals surface area contributed by atoms with Crippen LogP contribution < -0.4 is 10.6 Å². The summed E-state index contributed by atoms with van der Waals surface area (Å²) in [5.74, 6) is 1.18. The number of carbonyl (C=O) groups excluding carboxylic acids is 1. The van der Waals surface area contributed by atoms with Gasteiger partial charge in [-0.05, 0) is 31.7 Å². The van der Waals surface area contributed by atoms with Crippen molar-refractivity contribution in [2.24, 2.45) is 5.92 Å². The fraction of sp³-hybridized carbons (Fsp3) is 0.600. The summed E-state index contributed by atoms with van der Waals surface area (Å²) in [5, 5.41) is 6.48. The number of nitrogens with zero attached hydrogens (tertiary/aromatic N) is 1. The maximum Gasteiger partial charge on any atom is 0.252 e. The van der Waals surface area contributed by atoms with Crippen LogP contribution in [-0.2, 0) is 0 Å². The van der Waals surface area contributed by atoms with Gasteiger partial charge in [0.1, 0.15) is 5.82 Å². The fourth-order valence-corrected chi connectivity index (χ4v) is 2.80. The molecule has 1 fully saturated rings. The number of hydrogen-bond acceptors (Lipinski definition) is 3. The summed E-state index contributed by atoms with van der Waals surface area (Å²) < 4.78 is 0. The Morgan fingerprint density at radius 2 is 2.15 bits per heavy atom. The molecule has 4 nitrogen and oxygen atoms in total. The highest BCUT2D eigenvalue weighted by Gasteiger charge is 2.16. The van der Waals surface area contributed by atoms with Crippen LogP contribution in [0.5, 0.6) is 0 Å². The second-order valence-electron chi connectivity index (χ2n) is 5.29. The van der Waals surface area contributed by atoms with Gasteiger partial charge in [0, 0.05) is 19.3 Å². The maximum atomic E-state index is 12.2. The van der Waals surface area contributed by atoms with E-state index in [2.05, 4.69) is 15.6 Å². The van der Waals surface area contributed by atoms with Crippen molar-refractivity contribution in [3.05, 3.63) is 22.8 Å². The quantitative estimate of drug-likeness (QED) is 0.874. The lowest BCUT2D eigenvalue weighted by atomic mass is 9.89. The highest BCUT2D eigenvalue weighted by atomic mass is 35.5. The Morgan fingerprint density at radius 3 is 2.85 bits per heavy atom. The summed E-state index contributed by atoms with van der Waals surface area (Å²) in [6.07, 6.45) is 7.84. The molecule has 0 spiro atoms. The molecule has 5 heteroatoms. The van der Waals surface area contributed by atoms with Crippen molar-refractivity contribution in [1.82, 2.24) is 10.3 Å². The number of halogens is 1. The number of rotatable bonds is 5. The lowest BCUT2D eigenvalue weighted by Crippen LogP contribution is -2.30. The topological polar surface area (TPSA) is 54.0 Å². The molecule has 1 aromatic rings. The summed E-state index contributed by atoms with van der Waals surface area (Å²) in [4.78, 5) is 16.4. The first kappa shape index (κ1) is 15.1. The summed E-state index contributed by atoms with van der Waals surface area (Å²) in [6, 6.07) is 1.71. The molecule has 1 aromatic heterocycles. The Hall–Kier alpha value is -1.29. The molecular formula is C15H22ClN3O. The first-order valence-electron chi connectivity index (χ1n) is 7.38. The van der Waals surface area contributed by atoms with E-state index in [0.717, 1.165) is 13.1 Å². The molecule has 1 aliphatic rings. The predicted octanol–water partition coefficient (Wildman–Crippen LogP) is 3.48.